The van der Waals surface area contributed by atoms with Gasteiger partial charge < -0.3 is 11.5 Å². The number of benzene rings is 1. The molecule has 24 heavy (non-hydrogen) atoms. The second kappa shape index (κ2) is 5.42. The van der Waals surface area contributed by atoms with E-state index >= 15 is 0 Å². The maximum atomic E-state index is 12.6. The Morgan fingerprint density at radius 2 is 2.00 bits per heavy atom. The summed E-state index contributed by atoms with van der Waals surface area (Å²) in [4.78, 5) is 21.4. The summed E-state index contributed by atoms with van der Waals surface area (Å²) < 4.78 is 1.55. The highest BCUT2D eigenvalue weighted by atomic mass is 16.1. The van der Waals surface area contributed by atoms with Gasteiger partial charge in [0.1, 0.15) is 5.82 Å². The molecule has 4 rings (SSSR count). The minimum absolute atomic E-state index is 0.190. The lowest BCUT2D eigenvalue weighted by Crippen LogP contribution is -2.25. The van der Waals surface area contributed by atoms with Crippen molar-refractivity contribution in [2.45, 2.75) is 32.2 Å². The first-order chi connectivity index (χ1) is 11.6. The molecular formula is C18H19N5O. The third kappa shape index (κ3) is 2.27. The summed E-state index contributed by atoms with van der Waals surface area (Å²) in [6.45, 7) is 2.29. The van der Waals surface area contributed by atoms with Gasteiger partial charge in [0.25, 0.3) is 0 Å². The number of pyridine rings is 1. The van der Waals surface area contributed by atoms with Crippen LogP contribution in [0, 0.1) is 6.92 Å². The SMILES string of the molecule is Cc1ccccc1-n1c(=O)nc(N)c2c(CN)cc(C3CC3)nc21. The van der Waals surface area contributed by atoms with Gasteiger partial charge in [-0.1, -0.05) is 18.2 Å². The number of anilines is 1. The Hall–Kier alpha value is -2.73. The molecule has 1 aliphatic carbocycles. The van der Waals surface area contributed by atoms with E-state index in [1.807, 2.05) is 37.3 Å². The number of nitrogens with zero attached hydrogens (tertiary/aromatic N) is 3. The fraction of sp³-hybridized carbons (Fsp3) is 0.278. The molecule has 0 bridgehead atoms. The molecule has 0 saturated heterocycles. The fourth-order valence-electron chi connectivity index (χ4n) is 3.13. The number of nitrogen functional groups attached to an aromatic ring is 1. The Labute approximate surface area is 139 Å². The summed E-state index contributed by atoms with van der Waals surface area (Å²) >= 11 is 0. The predicted octanol–water partition coefficient (Wildman–Crippen LogP) is 2.01. The number of aryl methyl sites for hydroxylation is 1. The summed E-state index contributed by atoms with van der Waals surface area (Å²) in [5, 5.41) is 0.671. The van der Waals surface area contributed by atoms with Crippen LogP contribution in [-0.2, 0) is 6.54 Å². The number of nitrogens with two attached hydrogens (primary N) is 2. The van der Waals surface area contributed by atoms with Crippen molar-refractivity contribution in [2.24, 2.45) is 5.73 Å². The number of hydrogen-bond acceptors (Lipinski definition) is 5. The van der Waals surface area contributed by atoms with Crippen LogP contribution in [0.3, 0.4) is 0 Å². The minimum atomic E-state index is -0.419. The van der Waals surface area contributed by atoms with Crippen LogP contribution in [0.2, 0.25) is 0 Å². The zero-order valence-electron chi connectivity index (χ0n) is 13.5. The first-order valence-corrected chi connectivity index (χ1v) is 8.08. The fourth-order valence-corrected chi connectivity index (χ4v) is 3.13. The van der Waals surface area contributed by atoms with Crippen LogP contribution in [0.25, 0.3) is 16.7 Å². The van der Waals surface area contributed by atoms with Crippen molar-refractivity contribution >= 4 is 16.9 Å². The molecule has 122 valence electrons. The molecule has 0 amide bonds. The Morgan fingerprint density at radius 3 is 2.67 bits per heavy atom. The van der Waals surface area contributed by atoms with Crippen molar-refractivity contribution in [3.8, 4) is 5.69 Å². The molecule has 3 aromatic rings. The van der Waals surface area contributed by atoms with Crippen LogP contribution < -0.4 is 17.2 Å². The molecule has 6 nitrogen and oxygen atoms in total. The maximum absolute atomic E-state index is 12.6. The van der Waals surface area contributed by atoms with Crippen LogP contribution in [0.15, 0.2) is 35.1 Å². The van der Waals surface area contributed by atoms with Gasteiger partial charge in [0.05, 0.1) is 11.1 Å². The lowest BCUT2D eigenvalue weighted by molar-refractivity contribution is 0.911. The standard InChI is InChI=1S/C18H19N5O/c1-10-4-2-3-5-14(10)23-17-15(16(20)22-18(23)24)12(9-19)8-13(21-17)11-6-7-11/h2-5,8,11H,6-7,9,19H2,1H3,(H2,20,22,24). The van der Waals surface area contributed by atoms with Gasteiger partial charge in [-0.15, -0.1) is 0 Å². The van der Waals surface area contributed by atoms with E-state index in [0.717, 1.165) is 35.3 Å². The molecule has 0 radical (unpaired) electrons. The second-order valence-electron chi connectivity index (χ2n) is 6.28. The van der Waals surface area contributed by atoms with Crippen molar-refractivity contribution in [3.63, 3.8) is 0 Å². The number of fused-ring (bicyclic) bond motifs is 1. The zero-order valence-corrected chi connectivity index (χ0v) is 13.5. The highest BCUT2D eigenvalue weighted by Crippen LogP contribution is 2.40. The third-order valence-electron chi connectivity index (χ3n) is 4.55. The molecule has 6 heteroatoms. The highest BCUT2D eigenvalue weighted by Gasteiger charge is 2.27. The number of hydrogen-bond donors (Lipinski definition) is 2. The Balaban J connectivity index is 2.15. The van der Waals surface area contributed by atoms with Gasteiger partial charge in [0.2, 0.25) is 0 Å². The monoisotopic (exact) mass is 321 g/mol. The van der Waals surface area contributed by atoms with E-state index in [0.29, 0.717) is 23.5 Å². The lowest BCUT2D eigenvalue weighted by Gasteiger charge is -2.15. The normalized spacial score (nSPS) is 14.2. The molecule has 0 atom stereocenters. The highest BCUT2D eigenvalue weighted by molar-refractivity contribution is 5.90. The largest absolute Gasteiger partial charge is 0.383 e. The van der Waals surface area contributed by atoms with Crippen LogP contribution in [0.4, 0.5) is 5.82 Å². The maximum Gasteiger partial charge on any atom is 0.355 e. The summed E-state index contributed by atoms with van der Waals surface area (Å²) in [7, 11) is 0. The van der Waals surface area contributed by atoms with E-state index in [9.17, 15) is 4.79 Å². The summed E-state index contributed by atoms with van der Waals surface area (Å²) in [5.41, 5.74) is 15.7. The van der Waals surface area contributed by atoms with Crippen LogP contribution in [0.1, 0.15) is 35.6 Å². The molecule has 4 N–H and O–H groups in total. The van der Waals surface area contributed by atoms with Gasteiger partial charge in [-0.2, -0.15) is 4.98 Å². The van der Waals surface area contributed by atoms with Crippen LogP contribution in [-0.4, -0.2) is 14.5 Å². The van der Waals surface area contributed by atoms with E-state index in [2.05, 4.69) is 4.98 Å². The molecule has 1 aromatic carbocycles. The molecule has 0 unspecified atom stereocenters. The molecule has 0 aliphatic heterocycles. The van der Waals surface area contributed by atoms with Gasteiger partial charge >= 0.3 is 5.69 Å². The van der Waals surface area contributed by atoms with Crippen molar-refractivity contribution in [1.82, 2.24) is 14.5 Å². The first-order valence-electron chi connectivity index (χ1n) is 8.08. The topological polar surface area (TPSA) is 99.8 Å². The van der Waals surface area contributed by atoms with Crippen molar-refractivity contribution in [1.29, 1.82) is 0 Å². The molecule has 2 heterocycles. The molecule has 1 saturated carbocycles. The number of aromatic nitrogens is 3. The summed E-state index contributed by atoms with van der Waals surface area (Å²) in [6, 6.07) is 9.68. The first kappa shape index (κ1) is 14.8. The lowest BCUT2D eigenvalue weighted by atomic mass is 10.1. The Kier molecular flexibility index (Phi) is 3.35. The van der Waals surface area contributed by atoms with Crippen LogP contribution in [0.5, 0.6) is 0 Å². The second-order valence-corrected chi connectivity index (χ2v) is 6.28. The Bertz CT molecular complexity index is 1000. The quantitative estimate of drug-likeness (QED) is 0.768. The van der Waals surface area contributed by atoms with E-state index < -0.39 is 5.69 Å². The average Bonchev–Trinajstić information content (AvgIpc) is 3.40. The number of para-hydroxylation sites is 1. The van der Waals surface area contributed by atoms with E-state index in [-0.39, 0.29) is 5.82 Å². The van der Waals surface area contributed by atoms with Crippen molar-refractivity contribution < 1.29 is 0 Å². The zero-order chi connectivity index (χ0) is 16.8. The van der Waals surface area contributed by atoms with Gasteiger partial charge in [-0.3, -0.25) is 0 Å². The van der Waals surface area contributed by atoms with Gasteiger partial charge in [-0.25, -0.2) is 14.3 Å². The molecule has 1 aliphatic rings. The van der Waals surface area contributed by atoms with E-state index in [1.165, 1.54) is 0 Å². The number of rotatable bonds is 3. The molecule has 0 spiro atoms. The van der Waals surface area contributed by atoms with E-state index in [1.54, 1.807) is 4.57 Å². The van der Waals surface area contributed by atoms with E-state index in [4.69, 9.17) is 16.5 Å². The average molecular weight is 321 g/mol. The summed E-state index contributed by atoms with van der Waals surface area (Å²) in [6.07, 6.45) is 2.25. The van der Waals surface area contributed by atoms with Gasteiger partial charge in [0.15, 0.2) is 5.65 Å². The van der Waals surface area contributed by atoms with Gasteiger partial charge in [0, 0.05) is 18.2 Å². The smallest absolute Gasteiger partial charge is 0.355 e. The van der Waals surface area contributed by atoms with Crippen molar-refractivity contribution in [2.75, 3.05) is 5.73 Å². The molecule has 1 fully saturated rings. The third-order valence-corrected chi connectivity index (χ3v) is 4.55. The summed E-state index contributed by atoms with van der Waals surface area (Å²) in [5.74, 6) is 0.643. The van der Waals surface area contributed by atoms with Crippen molar-refractivity contribution in [3.05, 3.63) is 57.6 Å². The van der Waals surface area contributed by atoms with Gasteiger partial charge in [-0.05, 0) is 43.0 Å². The molecule has 2 aromatic heterocycles. The Morgan fingerprint density at radius 1 is 1.25 bits per heavy atom. The van der Waals surface area contributed by atoms with Crippen LogP contribution >= 0.6 is 0 Å². The minimum Gasteiger partial charge on any atom is -0.383 e. The molecular weight excluding hydrogens is 302 g/mol. The predicted molar refractivity (Wildman–Crippen MR) is 94.2 cm³/mol.